The molecule has 21 heavy (non-hydrogen) atoms. The van der Waals surface area contributed by atoms with Crippen molar-refractivity contribution in [2.24, 2.45) is 0 Å². The number of H-pyrrole nitrogens is 1. The number of fused-ring (bicyclic) bond motifs is 1. The molecule has 0 spiro atoms. The van der Waals surface area contributed by atoms with Gasteiger partial charge < -0.3 is 14.3 Å². The first-order valence-corrected chi connectivity index (χ1v) is 6.55. The summed E-state index contributed by atoms with van der Waals surface area (Å²) in [6.07, 6.45) is 1.57. The van der Waals surface area contributed by atoms with Gasteiger partial charge in [-0.2, -0.15) is 0 Å². The van der Waals surface area contributed by atoms with E-state index >= 15 is 0 Å². The highest BCUT2D eigenvalue weighted by molar-refractivity contribution is 6.05. The second kappa shape index (κ2) is 5.28. The molecule has 0 bridgehead atoms. The topological polar surface area (TPSA) is 66.3 Å². The summed E-state index contributed by atoms with van der Waals surface area (Å²) in [5.41, 5.74) is 0.756. The van der Waals surface area contributed by atoms with Crippen LogP contribution in [0.4, 0.5) is 0 Å². The van der Waals surface area contributed by atoms with Crippen molar-refractivity contribution in [3.8, 4) is 0 Å². The van der Waals surface area contributed by atoms with E-state index in [2.05, 4.69) is 4.98 Å². The SMILES string of the molecule is CN(Cc1ccco1)C(=O)c1cc(=O)[nH]c2ccccc12. The van der Waals surface area contributed by atoms with Gasteiger partial charge in [0.15, 0.2) is 0 Å². The number of aromatic nitrogens is 1. The molecule has 0 unspecified atom stereocenters. The van der Waals surface area contributed by atoms with Crippen molar-refractivity contribution >= 4 is 16.8 Å². The maximum atomic E-state index is 12.6. The van der Waals surface area contributed by atoms with E-state index in [1.54, 1.807) is 31.5 Å². The third-order valence-electron chi connectivity index (χ3n) is 3.30. The second-order valence-electron chi connectivity index (χ2n) is 4.83. The third kappa shape index (κ3) is 2.58. The number of hydrogen-bond donors (Lipinski definition) is 1. The number of hydrogen-bond acceptors (Lipinski definition) is 3. The predicted octanol–water partition coefficient (Wildman–Crippen LogP) is 2.39. The highest BCUT2D eigenvalue weighted by atomic mass is 16.3. The van der Waals surface area contributed by atoms with Crippen molar-refractivity contribution in [1.82, 2.24) is 9.88 Å². The van der Waals surface area contributed by atoms with E-state index in [0.717, 1.165) is 5.39 Å². The molecule has 0 aliphatic carbocycles. The number of pyridine rings is 1. The molecular weight excluding hydrogens is 268 g/mol. The van der Waals surface area contributed by atoms with Gasteiger partial charge in [-0.15, -0.1) is 0 Å². The number of carbonyl (C=O) groups excluding carboxylic acids is 1. The molecule has 2 heterocycles. The van der Waals surface area contributed by atoms with E-state index in [4.69, 9.17) is 4.42 Å². The van der Waals surface area contributed by atoms with Crippen LogP contribution in [0.5, 0.6) is 0 Å². The van der Waals surface area contributed by atoms with Crippen LogP contribution in [0.3, 0.4) is 0 Å². The molecule has 3 aromatic rings. The van der Waals surface area contributed by atoms with E-state index in [1.807, 2.05) is 18.2 Å². The number of amides is 1. The fourth-order valence-electron chi connectivity index (χ4n) is 2.30. The molecule has 0 radical (unpaired) electrons. The molecule has 0 aliphatic heterocycles. The first kappa shape index (κ1) is 13.2. The average Bonchev–Trinajstić information content (AvgIpc) is 2.98. The molecule has 0 atom stereocenters. The first-order chi connectivity index (χ1) is 10.1. The average molecular weight is 282 g/mol. The number of benzene rings is 1. The fourth-order valence-corrected chi connectivity index (χ4v) is 2.30. The summed E-state index contributed by atoms with van der Waals surface area (Å²) in [6.45, 7) is 0.354. The van der Waals surface area contributed by atoms with Crippen LogP contribution in [-0.4, -0.2) is 22.8 Å². The number of nitrogens with one attached hydrogen (secondary N) is 1. The zero-order chi connectivity index (χ0) is 14.8. The molecule has 3 rings (SSSR count). The maximum absolute atomic E-state index is 12.6. The van der Waals surface area contributed by atoms with Crippen LogP contribution in [0.15, 0.2) is 57.9 Å². The standard InChI is InChI=1S/C16H14N2O3/c1-18(10-11-5-4-8-21-11)16(20)13-9-15(19)17-14-7-3-2-6-12(13)14/h2-9H,10H2,1H3,(H,17,19). The highest BCUT2D eigenvalue weighted by Gasteiger charge is 2.16. The van der Waals surface area contributed by atoms with Gasteiger partial charge in [-0.3, -0.25) is 9.59 Å². The zero-order valence-electron chi connectivity index (χ0n) is 11.5. The number of aromatic amines is 1. The normalized spacial score (nSPS) is 10.7. The Balaban J connectivity index is 1.99. The van der Waals surface area contributed by atoms with Crippen LogP contribution < -0.4 is 5.56 Å². The molecule has 5 nitrogen and oxygen atoms in total. The molecule has 0 aliphatic rings. The predicted molar refractivity (Wildman–Crippen MR) is 79.1 cm³/mol. The van der Waals surface area contributed by atoms with Crippen molar-refractivity contribution in [3.05, 3.63) is 70.4 Å². The van der Waals surface area contributed by atoms with Gasteiger partial charge in [0.05, 0.1) is 18.4 Å². The Labute approximate surface area is 120 Å². The summed E-state index contributed by atoms with van der Waals surface area (Å²) in [5, 5.41) is 0.730. The second-order valence-corrected chi connectivity index (χ2v) is 4.83. The maximum Gasteiger partial charge on any atom is 0.254 e. The summed E-state index contributed by atoms with van der Waals surface area (Å²) in [5.74, 6) is 0.480. The van der Waals surface area contributed by atoms with Crippen LogP contribution >= 0.6 is 0 Å². The number of carbonyl (C=O) groups is 1. The molecule has 1 N–H and O–H groups in total. The lowest BCUT2D eigenvalue weighted by Crippen LogP contribution is -2.27. The number of furan rings is 1. The van der Waals surface area contributed by atoms with E-state index in [9.17, 15) is 9.59 Å². The number of para-hydroxylation sites is 1. The Kier molecular flexibility index (Phi) is 3.31. The minimum absolute atomic E-state index is 0.214. The Bertz CT molecular complexity index is 834. The smallest absolute Gasteiger partial charge is 0.254 e. The minimum Gasteiger partial charge on any atom is -0.467 e. The van der Waals surface area contributed by atoms with Crippen LogP contribution in [0.25, 0.3) is 10.9 Å². The molecule has 1 aromatic carbocycles. The van der Waals surface area contributed by atoms with Crippen molar-refractivity contribution < 1.29 is 9.21 Å². The lowest BCUT2D eigenvalue weighted by molar-refractivity contribution is 0.0777. The molecule has 2 aromatic heterocycles. The van der Waals surface area contributed by atoms with Gasteiger partial charge in [-0.25, -0.2) is 0 Å². The minimum atomic E-state index is -0.288. The van der Waals surface area contributed by atoms with Gasteiger partial charge in [0.25, 0.3) is 5.91 Å². The van der Waals surface area contributed by atoms with Crippen LogP contribution in [0, 0.1) is 0 Å². The summed E-state index contributed by atoms with van der Waals surface area (Å²) in [4.78, 5) is 28.5. The number of nitrogens with zero attached hydrogens (tertiary/aromatic N) is 1. The van der Waals surface area contributed by atoms with Gasteiger partial charge in [0.2, 0.25) is 5.56 Å². The lowest BCUT2D eigenvalue weighted by Gasteiger charge is -2.16. The first-order valence-electron chi connectivity index (χ1n) is 6.55. The number of rotatable bonds is 3. The lowest BCUT2D eigenvalue weighted by atomic mass is 10.1. The monoisotopic (exact) mass is 282 g/mol. The quantitative estimate of drug-likeness (QED) is 0.802. The van der Waals surface area contributed by atoms with E-state index < -0.39 is 0 Å². The van der Waals surface area contributed by atoms with Crippen LogP contribution in [0.1, 0.15) is 16.1 Å². The zero-order valence-corrected chi connectivity index (χ0v) is 11.5. The summed E-state index contributed by atoms with van der Waals surface area (Å²) in [6, 6.07) is 12.2. The summed E-state index contributed by atoms with van der Waals surface area (Å²) < 4.78 is 5.24. The van der Waals surface area contributed by atoms with Crippen LogP contribution in [-0.2, 0) is 6.54 Å². The molecule has 0 saturated carbocycles. The fraction of sp³-hybridized carbons (Fsp3) is 0.125. The molecular formula is C16H14N2O3. The Morgan fingerprint density at radius 1 is 1.24 bits per heavy atom. The third-order valence-corrected chi connectivity index (χ3v) is 3.30. The van der Waals surface area contributed by atoms with Crippen molar-refractivity contribution in [3.63, 3.8) is 0 Å². The van der Waals surface area contributed by atoms with E-state index in [0.29, 0.717) is 23.4 Å². The van der Waals surface area contributed by atoms with Crippen LogP contribution in [0.2, 0.25) is 0 Å². The van der Waals surface area contributed by atoms with Crippen molar-refractivity contribution in [2.75, 3.05) is 7.05 Å². The molecule has 0 fully saturated rings. The van der Waals surface area contributed by atoms with E-state index in [-0.39, 0.29) is 11.5 Å². The summed E-state index contributed by atoms with van der Waals surface area (Å²) in [7, 11) is 1.68. The Morgan fingerprint density at radius 3 is 2.81 bits per heavy atom. The van der Waals surface area contributed by atoms with Crippen molar-refractivity contribution in [1.29, 1.82) is 0 Å². The molecule has 106 valence electrons. The van der Waals surface area contributed by atoms with Gasteiger partial charge in [-0.1, -0.05) is 18.2 Å². The van der Waals surface area contributed by atoms with E-state index in [1.165, 1.54) is 11.0 Å². The van der Waals surface area contributed by atoms with Gasteiger partial charge in [0, 0.05) is 24.0 Å². The van der Waals surface area contributed by atoms with Crippen molar-refractivity contribution in [2.45, 2.75) is 6.54 Å². The van der Waals surface area contributed by atoms with Gasteiger partial charge in [0.1, 0.15) is 5.76 Å². The molecule has 0 saturated heterocycles. The molecule has 5 heteroatoms. The van der Waals surface area contributed by atoms with Gasteiger partial charge >= 0.3 is 0 Å². The van der Waals surface area contributed by atoms with Gasteiger partial charge in [-0.05, 0) is 18.2 Å². The largest absolute Gasteiger partial charge is 0.467 e. The highest BCUT2D eigenvalue weighted by Crippen LogP contribution is 2.17. The molecule has 1 amide bonds. The Hall–Kier alpha value is -2.82. The summed E-state index contributed by atoms with van der Waals surface area (Å²) >= 11 is 0. The Morgan fingerprint density at radius 2 is 2.05 bits per heavy atom.